The molecule has 0 aromatic carbocycles. The second-order valence-corrected chi connectivity index (χ2v) is 4.72. The number of carbonyl (C=O) groups is 1. The smallest absolute Gasteiger partial charge is 0.313 e. The van der Waals surface area contributed by atoms with Crippen LogP contribution in [-0.2, 0) is 17.8 Å². The first kappa shape index (κ1) is 13.3. The molecule has 100 valence electrons. The fourth-order valence-corrected chi connectivity index (χ4v) is 2.23. The third-order valence-electron chi connectivity index (χ3n) is 2.44. The van der Waals surface area contributed by atoms with E-state index >= 15 is 0 Å². The van der Waals surface area contributed by atoms with Gasteiger partial charge < -0.3 is 10.8 Å². The molecule has 0 spiro atoms. The molecule has 0 amide bonds. The predicted octanol–water partition coefficient (Wildman–Crippen LogP) is 0.675. The maximum atomic E-state index is 10.6. The Morgan fingerprint density at radius 3 is 2.79 bits per heavy atom. The Bertz CT molecular complexity index is 557. The highest BCUT2D eigenvalue weighted by Gasteiger charge is 2.11. The Morgan fingerprint density at radius 1 is 1.37 bits per heavy atom. The van der Waals surface area contributed by atoms with Crippen molar-refractivity contribution in [2.75, 3.05) is 11.5 Å². The number of carboxylic acid groups (broad SMARTS) is 1. The van der Waals surface area contributed by atoms with E-state index in [1.54, 1.807) is 17.0 Å². The average Bonchev–Trinajstić information content (AvgIpc) is 2.76. The Balaban J connectivity index is 2.03. The first-order valence-corrected chi connectivity index (χ1v) is 6.57. The van der Waals surface area contributed by atoms with Crippen molar-refractivity contribution in [3.63, 3.8) is 0 Å². The normalized spacial score (nSPS) is 10.5. The van der Waals surface area contributed by atoms with Crippen molar-refractivity contribution in [3.8, 4) is 0 Å². The summed E-state index contributed by atoms with van der Waals surface area (Å²) in [5, 5.41) is 16.8. The zero-order valence-corrected chi connectivity index (χ0v) is 10.9. The maximum Gasteiger partial charge on any atom is 0.313 e. The first-order chi connectivity index (χ1) is 9.16. The van der Waals surface area contributed by atoms with Crippen molar-refractivity contribution in [2.24, 2.45) is 0 Å². The monoisotopic (exact) mass is 279 g/mol. The van der Waals surface area contributed by atoms with Gasteiger partial charge in [0.05, 0.1) is 5.75 Å². The van der Waals surface area contributed by atoms with Crippen LogP contribution in [0.5, 0.6) is 0 Å². The number of aromatic nitrogens is 4. The predicted molar refractivity (Wildman–Crippen MR) is 70.7 cm³/mol. The zero-order chi connectivity index (χ0) is 13.7. The molecule has 2 rings (SSSR count). The molecule has 0 atom stereocenters. The molecule has 0 saturated heterocycles. The number of aliphatic carboxylic acids is 1. The summed E-state index contributed by atoms with van der Waals surface area (Å²) < 4.78 is 1.72. The second kappa shape index (κ2) is 6.19. The lowest BCUT2D eigenvalue weighted by atomic mass is 10.2. The van der Waals surface area contributed by atoms with E-state index in [1.807, 2.05) is 12.1 Å². The van der Waals surface area contributed by atoms with Crippen LogP contribution >= 0.6 is 11.8 Å². The van der Waals surface area contributed by atoms with Crippen molar-refractivity contribution in [3.05, 3.63) is 30.1 Å². The number of pyridine rings is 1. The lowest BCUT2D eigenvalue weighted by molar-refractivity contribution is -0.133. The number of nitrogens with zero attached hydrogens (tertiary/aromatic N) is 4. The van der Waals surface area contributed by atoms with E-state index in [0.717, 1.165) is 23.7 Å². The lowest BCUT2D eigenvalue weighted by Gasteiger charge is -2.07. The largest absolute Gasteiger partial charge is 0.481 e. The standard InChI is InChI=1S/C11H13N5O2S/c12-10-14-15-11(19-7-9(17)18)16(10)6-3-8-1-4-13-5-2-8/h1-2,4-5H,3,6-7H2,(H2,12,14)(H,17,18). The highest BCUT2D eigenvalue weighted by atomic mass is 32.2. The number of hydrogen-bond acceptors (Lipinski definition) is 6. The summed E-state index contributed by atoms with van der Waals surface area (Å²) in [5.74, 6) is -0.665. The van der Waals surface area contributed by atoms with Crippen LogP contribution < -0.4 is 5.73 Å². The van der Waals surface area contributed by atoms with Crippen LogP contribution in [0.3, 0.4) is 0 Å². The van der Waals surface area contributed by atoms with Crippen molar-refractivity contribution in [1.82, 2.24) is 19.7 Å². The highest BCUT2D eigenvalue weighted by Crippen LogP contribution is 2.18. The number of rotatable bonds is 6. The third-order valence-corrected chi connectivity index (χ3v) is 3.40. The number of hydrogen-bond donors (Lipinski definition) is 2. The Hall–Kier alpha value is -2.09. The number of aryl methyl sites for hydroxylation is 1. The summed E-state index contributed by atoms with van der Waals surface area (Å²) >= 11 is 1.11. The van der Waals surface area contributed by atoms with Gasteiger partial charge in [-0.3, -0.25) is 14.3 Å². The van der Waals surface area contributed by atoms with Crippen LogP contribution in [0.15, 0.2) is 29.7 Å². The Kier molecular flexibility index (Phi) is 4.35. The SMILES string of the molecule is Nc1nnc(SCC(=O)O)n1CCc1ccncc1. The molecule has 3 N–H and O–H groups in total. The molecule has 0 unspecified atom stereocenters. The van der Waals surface area contributed by atoms with Crippen molar-refractivity contribution in [1.29, 1.82) is 0 Å². The zero-order valence-electron chi connectivity index (χ0n) is 10.1. The fourth-order valence-electron chi connectivity index (χ4n) is 1.53. The molecule has 0 aliphatic rings. The van der Waals surface area contributed by atoms with Gasteiger partial charge in [-0.25, -0.2) is 0 Å². The number of anilines is 1. The van der Waals surface area contributed by atoms with E-state index in [4.69, 9.17) is 10.8 Å². The minimum Gasteiger partial charge on any atom is -0.481 e. The fraction of sp³-hybridized carbons (Fsp3) is 0.273. The van der Waals surface area contributed by atoms with Crippen LogP contribution in [0.2, 0.25) is 0 Å². The van der Waals surface area contributed by atoms with Crippen LogP contribution in [0, 0.1) is 0 Å². The molecule has 2 aromatic heterocycles. The van der Waals surface area contributed by atoms with Crippen LogP contribution in [0.25, 0.3) is 0 Å². The van der Waals surface area contributed by atoms with Gasteiger partial charge in [0.25, 0.3) is 0 Å². The summed E-state index contributed by atoms with van der Waals surface area (Å²) in [6.45, 7) is 0.602. The maximum absolute atomic E-state index is 10.6. The molecule has 0 bridgehead atoms. The minimum absolute atomic E-state index is 0.0621. The summed E-state index contributed by atoms with van der Waals surface area (Å²) in [4.78, 5) is 14.5. The van der Waals surface area contributed by atoms with Crippen LogP contribution in [-0.4, -0.2) is 36.6 Å². The van der Waals surface area contributed by atoms with Gasteiger partial charge in [-0.15, -0.1) is 10.2 Å². The Morgan fingerprint density at radius 2 is 2.11 bits per heavy atom. The topological polar surface area (TPSA) is 107 Å². The number of nitrogens with two attached hydrogens (primary N) is 1. The number of carboxylic acids is 1. The second-order valence-electron chi connectivity index (χ2n) is 3.78. The van der Waals surface area contributed by atoms with Crippen molar-refractivity contribution >= 4 is 23.7 Å². The molecule has 0 fully saturated rings. The average molecular weight is 279 g/mol. The van der Waals surface area contributed by atoms with Crippen molar-refractivity contribution < 1.29 is 9.90 Å². The molecular weight excluding hydrogens is 266 g/mol. The molecular formula is C11H13N5O2S. The summed E-state index contributed by atoms with van der Waals surface area (Å²) in [7, 11) is 0. The van der Waals surface area contributed by atoms with Gasteiger partial charge in [-0.2, -0.15) is 0 Å². The molecule has 0 radical (unpaired) electrons. The van der Waals surface area contributed by atoms with Gasteiger partial charge in [0.15, 0.2) is 5.16 Å². The quantitative estimate of drug-likeness (QED) is 0.748. The third kappa shape index (κ3) is 3.68. The molecule has 19 heavy (non-hydrogen) atoms. The van der Waals surface area contributed by atoms with Crippen LogP contribution in [0.4, 0.5) is 5.95 Å². The van der Waals surface area contributed by atoms with E-state index in [1.165, 1.54) is 0 Å². The first-order valence-electron chi connectivity index (χ1n) is 5.59. The minimum atomic E-state index is -0.896. The van der Waals surface area contributed by atoms with Gasteiger partial charge in [0.2, 0.25) is 5.95 Å². The summed E-state index contributed by atoms with van der Waals surface area (Å²) in [5.41, 5.74) is 6.85. The molecule has 8 heteroatoms. The molecule has 0 saturated carbocycles. The molecule has 7 nitrogen and oxygen atoms in total. The van der Waals surface area contributed by atoms with Gasteiger partial charge in [-0.1, -0.05) is 11.8 Å². The van der Waals surface area contributed by atoms with Gasteiger partial charge in [0, 0.05) is 18.9 Å². The number of thioether (sulfide) groups is 1. The number of nitrogen functional groups attached to an aromatic ring is 1. The van der Waals surface area contributed by atoms with Gasteiger partial charge in [0.1, 0.15) is 0 Å². The van der Waals surface area contributed by atoms with Crippen LogP contribution in [0.1, 0.15) is 5.56 Å². The summed E-state index contributed by atoms with van der Waals surface area (Å²) in [6.07, 6.45) is 4.21. The highest BCUT2D eigenvalue weighted by molar-refractivity contribution is 7.99. The van der Waals surface area contributed by atoms with E-state index in [0.29, 0.717) is 17.6 Å². The Labute approximate surface area is 113 Å². The molecule has 0 aliphatic carbocycles. The van der Waals surface area contributed by atoms with E-state index < -0.39 is 5.97 Å². The molecule has 2 heterocycles. The van der Waals surface area contributed by atoms with E-state index in [2.05, 4.69) is 15.2 Å². The van der Waals surface area contributed by atoms with E-state index in [-0.39, 0.29) is 5.75 Å². The lowest BCUT2D eigenvalue weighted by Crippen LogP contribution is -2.08. The summed E-state index contributed by atoms with van der Waals surface area (Å²) in [6, 6.07) is 3.84. The molecule has 0 aliphatic heterocycles. The van der Waals surface area contributed by atoms with Crippen molar-refractivity contribution in [2.45, 2.75) is 18.1 Å². The van der Waals surface area contributed by atoms with Gasteiger partial charge >= 0.3 is 5.97 Å². The van der Waals surface area contributed by atoms with Gasteiger partial charge in [-0.05, 0) is 24.1 Å². The van der Waals surface area contributed by atoms with E-state index in [9.17, 15) is 4.79 Å². The molecule has 2 aromatic rings.